The molecule has 2 aromatic rings. The van der Waals surface area contributed by atoms with Crippen LogP contribution in [-0.2, 0) is 9.84 Å². The monoisotopic (exact) mass is 299 g/mol. The van der Waals surface area contributed by atoms with Gasteiger partial charge in [-0.2, -0.15) is 0 Å². The van der Waals surface area contributed by atoms with Crippen molar-refractivity contribution in [2.45, 2.75) is 36.7 Å². The first-order chi connectivity index (χ1) is 10.1. The molecule has 4 rings (SSSR count). The average Bonchev–Trinajstić information content (AvgIpc) is 2.68. The summed E-state index contributed by atoms with van der Waals surface area (Å²) in [7, 11) is -2.92. The van der Waals surface area contributed by atoms with E-state index in [1.807, 2.05) is 18.3 Å². The molecule has 1 aromatic heterocycles. The van der Waals surface area contributed by atoms with Crippen LogP contribution in [0.25, 0.3) is 16.5 Å². The molecule has 0 amide bonds. The van der Waals surface area contributed by atoms with E-state index >= 15 is 0 Å². The van der Waals surface area contributed by atoms with E-state index in [0.717, 1.165) is 34.9 Å². The van der Waals surface area contributed by atoms with Gasteiger partial charge in [0.15, 0.2) is 9.84 Å². The maximum absolute atomic E-state index is 12.2. The molecule has 3 heterocycles. The van der Waals surface area contributed by atoms with E-state index in [2.05, 4.69) is 30.1 Å². The number of aromatic nitrogens is 1. The van der Waals surface area contributed by atoms with Gasteiger partial charge in [-0.25, -0.2) is 8.42 Å². The number of pyridine rings is 1. The van der Waals surface area contributed by atoms with Crippen LogP contribution in [0.3, 0.4) is 0 Å². The maximum atomic E-state index is 12.2. The van der Waals surface area contributed by atoms with Crippen LogP contribution in [0, 0.1) is 6.92 Å². The van der Waals surface area contributed by atoms with Crippen molar-refractivity contribution in [1.29, 1.82) is 0 Å². The molecule has 2 bridgehead atoms. The third-order valence-electron chi connectivity index (χ3n) is 4.87. The number of aryl methyl sites for hydroxylation is 1. The second-order valence-electron chi connectivity index (χ2n) is 6.04. The minimum atomic E-state index is -2.92. The van der Waals surface area contributed by atoms with Crippen molar-refractivity contribution in [3.63, 3.8) is 0 Å². The molecule has 2 aliphatic rings. The number of rotatable bonds is 1. The molecule has 4 heteroatoms. The van der Waals surface area contributed by atoms with Crippen molar-refractivity contribution >= 4 is 26.3 Å². The molecule has 2 atom stereocenters. The van der Waals surface area contributed by atoms with Crippen LogP contribution < -0.4 is 0 Å². The molecular formula is C17H17NO2S. The molecule has 1 fully saturated rings. The Hall–Kier alpha value is -1.68. The highest BCUT2D eigenvalue weighted by atomic mass is 32.2. The van der Waals surface area contributed by atoms with Crippen LogP contribution in [0.4, 0.5) is 0 Å². The predicted molar refractivity (Wildman–Crippen MR) is 84.8 cm³/mol. The highest BCUT2D eigenvalue weighted by Gasteiger charge is 2.43. The molecule has 0 radical (unpaired) electrons. The van der Waals surface area contributed by atoms with Gasteiger partial charge in [-0.15, -0.1) is 0 Å². The zero-order valence-corrected chi connectivity index (χ0v) is 12.7. The van der Waals surface area contributed by atoms with Crippen LogP contribution in [-0.4, -0.2) is 23.9 Å². The Balaban J connectivity index is 1.87. The first-order valence-corrected chi connectivity index (χ1v) is 8.96. The Morgan fingerprint density at radius 1 is 1.19 bits per heavy atom. The van der Waals surface area contributed by atoms with Crippen molar-refractivity contribution in [1.82, 2.24) is 4.98 Å². The van der Waals surface area contributed by atoms with Gasteiger partial charge in [0.2, 0.25) is 0 Å². The first kappa shape index (κ1) is 13.0. The largest absolute Gasteiger partial charge is 0.256 e. The summed E-state index contributed by atoms with van der Waals surface area (Å²) in [6.07, 6.45) is 6.02. The number of sulfone groups is 1. The Labute approximate surface area is 124 Å². The molecule has 0 spiro atoms. The molecule has 0 saturated carbocycles. The van der Waals surface area contributed by atoms with Gasteiger partial charge in [0.25, 0.3) is 0 Å². The zero-order valence-electron chi connectivity index (χ0n) is 11.9. The number of hydrogen-bond acceptors (Lipinski definition) is 3. The van der Waals surface area contributed by atoms with E-state index in [1.165, 1.54) is 5.57 Å². The summed E-state index contributed by atoms with van der Waals surface area (Å²) in [5.41, 5.74) is 4.50. The third-order valence-corrected chi connectivity index (χ3v) is 7.42. The van der Waals surface area contributed by atoms with E-state index in [-0.39, 0.29) is 10.5 Å². The second-order valence-corrected chi connectivity index (χ2v) is 8.49. The molecule has 0 N–H and O–H groups in total. The number of fused-ring (bicyclic) bond motifs is 3. The zero-order chi connectivity index (χ0) is 14.6. The molecule has 21 heavy (non-hydrogen) atoms. The molecule has 2 unspecified atom stereocenters. The molecule has 2 aliphatic heterocycles. The van der Waals surface area contributed by atoms with E-state index in [4.69, 9.17) is 0 Å². The minimum absolute atomic E-state index is 0.179. The van der Waals surface area contributed by atoms with Crippen LogP contribution >= 0.6 is 0 Å². The van der Waals surface area contributed by atoms with Gasteiger partial charge in [-0.3, -0.25) is 4.98 Å². The molecule has 108 valence electrons. The van der Waals surface area contributed by atoms with Gasteiger partial charge in [-0.1, -0.05) is 24.3 Å². The van der Waals surface area contributed by atoms with Gasteiger partial charge in [0.1, 0.15) is 0 Å². The predicted octanol–water partition coefficient (Wildman–Crippen LogP) is 3.28. The number of allylic oxidation sites excluding steroid dienone is 1. The lowest BCUT2D eigenvalue weighted by Gasteiger charge is -2.22. The number of benzene rings is 1. The average molecular weight is 299 g/mol. The number of nitrogens with zero attached hydrogens (tertiary/aromatic N) is 1. The topological polar surface area (TPSA) is 47.0 Å². The second kappa shape index (κ2) is 4.41. The summed E-state index contributed by atoms with van der Waals surface area (Å²) in [4.78, 5) is 4.47. The minimum Gasteiger partial charge on any atom is -0.256 e. The first-order valence-electron chi connectivity index (χ1n) is 7.35. The molecular weight excluding hydrogens is 282 g/mol. The van der Waals surface area contributed by atoms with Gasteiger partial charge >= 0.3 is 0 Å². The van der Waals surface area contributed by atoms with E-state index in [9.17, 15) is 8.42 Å². The highest BCUT2D eigenvalue weighted by Crippen LogP contribution is 2.41. The van der Waals surface area contributed by atoms with Crippen molar-refractivity contribution in [2.75, 3.05) is 0 Å². The van der Waals surface area contributed by atoms with Crippen molar-refractivity contribution < 1.29 is 8.42 Å². The summed E-state index contributed by atoms with van der Waals surface area (Å²) in [5, 5.41) is 0.678. The smallest absolute Gasteiger partial charge is 0.159 e. The number of hydrogen-bond donors (Lipinski definition) is 0. The van der Waals surface area contributed by atoms with Crippen molar-refractivity contribution in [3.8, 4) is 0 Å². The normalized spacial score (nSPS) is 26.8. The van der Waals surface area contributed by atoms with Gasteiger partial charge in [0.05, 0.1) is 16.0 Å². The highest BCUT2D eigenvalue weighted by molar-refractivity contribution is 7.93. The lowest BCUT2D eigenvalue weighted by Crippen LogP contribution is -2.26. The Bertz CT molecular complexity index is 867. The summed E-state index contributed by atoms with van der Waals surface area (Å²) in [6, 6.07) is 8.19. The lowest BCUT2D eigenvalue weighted by molar-refractivity contribution is 0.585. The van der Waals surface area contributed by atoms with Gasteiger partial charge < -0.3 is 0 Å². The third kappa shape index (κ3) is 1.85. The van der Waals surface area contributed by atoms with Crippen molar-refractivity contribution in [3.05, 3.63) is 47.7 Å². The van der Waals surface area contributed by atoms with Crippen LogP contribution in [0.1, 0.15) is 30.4 Å². The summed E-state index contributed by atoms with van der Waals surface area (Å²) in [5.74, 6) is 0. The fourth-order valence-corrected chi connectivity index (χ4v) is 5.89. The fourth-order valence-electron chi connectivity index (χ4n) is 3.70. The standard InChI is InChI=1S/C17H17NO2S/c1-11-16(7-4-12-3-2-8-18-17(11)12)13-9-14-5-6-15(10-13)21(14,19)20/h2-4,7-9,14-15H,5-6,10H2,1H3. The van der Waals surface area contributed by atoms with Crippen molar-refractivity contribution in [2.24, 2.45) is 0 Å². The molecule has 3 nitrogen and oxygen atoms in total. The summed E-state index contributed by atoms with van der Waals surface area (Å²) in [6.45, 7) is 2.08. The van der Waals surface area contributed by atoms with E-state index in [0.29, 0.717) is 6.42 Å². The van der Waals surface area contributed by atoms with Crippen LogP contribution in [0.2, 0.25) is 0 Å². The molecule has 0 aliphatic carbocycles. The quantitative estimate of drug-likeness (QED) is 0.812. The Kier molecular flexibility index (Phi) is 2.73. The molecule has 1 saturated heterocycles. The summed E-state index contributed by atoms with van der Waals surface area (Å²) < 4.78 is 24.4. The van der Waals surface area contributed by atoms with Crippen LogP contribution in [0.5, 0.6) is 0 Å². The summed E-state index contributed by atoms with van der Waals surface area (Å²) >= 11 is 0. The SMILES string of the molecule is Cc1c(C2=CC3CCC(C2)S3(=O)=O)ccc2cccnc12. The molecule has 1 aromatic carbocycles. The van der Waals surface area contributed by atoms with Crippen LogP contribution in [0.15, 0.2) is 36.5 Å². The van der Waals surface area contributed by atoms with E-state index in [1.54, 1.807) is 0 Å². The van der Waals surface area contributed by atoms with Gasteiger partial charge in [0, 0.05) is 11.6 Å². The maximum Gasteiger partial charge on any atom is 0.159 e. The Morgan fingerprint density at radius 2 is 2.05 bits per heavy atom. The van der Waals surface area contributed by atoms with E-state index < -0.39 is 9.84 Å². The fraction of sp³-hybridized carbons (Fsp3) is 0.353. The Morgan fingerprint density at radius 3 is 2.86 bits per heavy atom. The van der Waals surface area contributed by atoms with Gasteiger partial charge in [-0.05, 0) is 49.0 Å². The lowest BCUT2D eigenvalue weighted by atomic mass is 9.94.